The molecule has 0 atom stereocenters. The van der Waals surface area contributed by atoms with Crippen molar-refractivity contribution in [2.75, 3.05) is 19.6 Å². The fraction of sp³-hybridized carbons (Fsp3) is 0.632. The molecule has 0 aliphatic heterocycles. The van der Waals surface area contributed by atoms with Crippen LogP contribution in [0.25, 0.3) is 0 Å². The number of rotatable bonds is 12. The van der Waals surface area contributed by atoms with Crippen LogP contribution in [0.4, 0.5) is 0 Å². The van der Waals surface area contributed by atoms with E-state index >= 15 is 0 Å². The Kier molecular flexibility index (Phi) is 13.1. The Morgan fingerprint density at radius 1 is 1.19 bits per heavy atom. The van der Waals surface area contributed by atoms with Gasteiger partial charge in [0.15, 0.2) is 5.96 Å². The molecule has 0 radical (unpaired) electrons. The first-order valence-corrected chi connectivity index (χ1v) is 10.6. The van der Waals surface area contributed by atoms with Gasteiger partial charge < -0.3 is 15.2 Å². The number of thiophene rings is 1. The molecule has 2 aromatic heterocycles. The molecule has 152 valence electrons. The molecule has 0 spiro atoms. The summed E-state index contributed by atoms with van der Waals surface area (Å²) in [5.74, 6) is 1.93. The molecule has 0 fully saturated rings. The summed E-state index contributed by atoms with van der Waals surface area (Å²) in [6.45, 7) is 7.76. The number of aliphatic imine (C=N–C) groups is 1. The van der Waals surface area contributed by atoms with Crippen LogP contribution in [-0.4, -0.2) is 40.4 Å². The molecule has 6 nitrogen and oxygen atoms in total. The summed E-state index contributed by atoms with van der Waals surface area (Å²) in [7, 11) is 0. The van der Waals surface area contributed by atoms with Crippen LogP contribution in [0.3, 0.4) is 0 Å². The Balaban J connectivity index is 0.00000364. The van der Waals surface area contributed by atoms with Crippen LogP contribution >= 0.6 is 35.3 Å². The first-order valence-electron chi connectivity index (χ1n) is 9.74. The average Bonchev–Trinajstić information content (AvgIpc) is 3.32. The van der Waals surface area contributed by atoms with Gasteiger partial charge in [-0.2, -0.15) is 0 Å². The van der Waals surface area contributed by atoms with Gasteiger partial charge in [-0.25, -0.2) is 0 Å². The van der Waals surface area contributed by atoms with Crippen molar-refractivity contribution in [1.82, 2.24) is 25.4 Å². The van der Waals surface area contributed by atoms with Gasteiger partial charge in [0.05, 0.1) is 0 Å². The number of hydrogen-bond donors (Lipinski definition) is 2. The number of hydrogen-bond acceptors (Lipinski definition) is 4. The zero-order valence-electron chi connectivity index (χ0n) is 16.5. The number of aromatic nitrogens is 3. The largest absolute Gasteiger partial charge is 0.356 e. The minimum Gasteiger partial charge on any atom is -0.356 e. The molecule has 27 heavy (non-hydrogen) atoms. The number of nitrogens with zero attached hydrogens (tertiary/aromatic N) is 4. The highest BCUT2D eigenvalue weighted by Gasteiger charge is 2.03. The second kappa shape index (κ2) is 14.8. The zero-order valence-corrected chi connectivity index (χ0v) is 19.6. The standard InChI is InChI=1S/C19H32N6S.HI/c1-3-5-6-7-11-20-19(21-12-10-17-9-8-15-26-17)22-13-14-25-16-23-24-18(25)4-2;/h8-9,15-16H,3-7,10-14H2,1-2H3,(H2,20,21,22);1H. The third kappa shape index (κ3) is 9.55. The lowest BCUT2D eigenvalue weighted by Crippen LogP contribution is -2.40. The lowest BCUT2D eigenvalue weighted by molar-refractivity contribution is 0.628. The molecule has 0 saturated carbocycles. The van der Waals surface area contributed by atoms with E-state index in [9.17, 15) is 0 Å². The summed E-state index contributed by atoms with van der Waals surface area (Å²) in [6, 6.07) is 4.28. The molecular formula is C19H33IN6S. The lowest BCUT2D eigenvalue weighted by Gasteiger charge is -2.13. The number of halogens is 1. The Bertz CT molecular complexity index is 626. The minimum absolute atomic E-state index is 0. The van der Waals surface area contributed by atoms with Gasteiger partial charge in [-0.1, -0.05) is 39.2 Å². The van der Waals surface area contributed by atoms with Gasteiger partial charge in [0.1, 0.15) is 12.2 Å². The highest BCUT2D eigenvalue weighted by atomic mass is 127. The number of nitrogens with one attached hydrogen (secondary N) is 2. The molecular weight excluding hydrogens is 471 g/mol. The van der Waals surface area contributed by atoms with Crippen molar-refractivity contribution in [3.05, 3.63) is 34.5 Å². The predicted octanol–water partition coefficient (Wildman–Crippen LogP) is 3.88. The summed E-state index contributed by atoms with van der Waals surface area (Å²) in [6.07, 6.45) is 8.67. The predicted molar refractivity (Wildman–Crippen MR) is 125 cm³/mol. The maximum Gasteiger partial charge on any atom is 0.191 e. The molecule has 2 heterocycles. The first-order chi connectivity index (χ1) is 12.8. The molecule has 2 N–H and O–H groups in total. The quantitative estimate of drug-likeness (QED) is 0.199. The molecule has 8 heteroatoms. The first kappa shape index (κ1) is 23.9. The van der Waals surface area contributed by atoms with Crippen molar-refractivity contribution < 1.29 is 0 Å². The fourth-order valence-corrected chi connectivity index (χ4v) is 3.41. The summed E-state index contributed by atoms with van der Waals surface area (Å²) in [5, 5.41) is 17.2. The van der Waals surface area contributed by atoms with E-state index < -0.39 is 0 Å². The molecule has 0 amide bonds. The van der Waals surface area contributed by atoms with Crippen molar-refractivity contribution in [1.29, 1.82) is 0 Å². The molecule has 2 aromatic rings. The van der Waals surface area contributed by atoms with Crippen molar-refractivity contribution >= 4 is 41.3 Å². The van der Waals surface area contributed by atoms with E-state index in [0.29, 0.717) is 0 Å². The van der Waals surface area contributed by atoms with Crippen molar-refractivity contribution in [3.8, 4) is 0 Å². The van der Waals surface area contributed by atoms with E-state index in [1.165, 1.54) is 24.1 Å². The Morgan fingerprint density at radius 2 is 2.04 bits per heavy atom. The van der Waals surface area contributed by atoms with Crippen LogP contribution in [0, 0.1) is 0 Å². The van der Waals surface area contributed by atoms with Gasteiger partial charge in [0.25, 0.3) is 0 Å². The lowest BCUT2D eigenvalue weighted by atomic mass is 10.2. The van der Waals surface area contributed by atoms with Gasteiger partial charge in [-0.15, -0.1) is 45.5 Å². The Morgan fingerprint density at radius 3 is 2.78 bits per heavy atom. The minimum atomic E-state index is 0. The number of aryl methyl sites for hydroxylation is 1. The molecule has 0 unspecified atom stereocenters. The topological polar surface area (TPSA) is 67.1 Å². The molecule has 0 aliphatic rings. The van der Waals surface area contributed by atoms with Gasteiger partial charge >= 0.3 is 0 Å². The van der Waals surface area contributed by atoms with E-state index in [4.69, 9.17) is 4.99 Å². The van der Waals surface area contributed by atoms with Gasteiger partial charge in [0.2, 0.25) is 0 Å². The van der Waals surface area contributed by atoms with Gasteiger partial charge in [-0.3, -0.25) is 4.99 Å². The normalized spacial score (nSPS) is 11.3. The number of unbranched alkanes of at least 4 members (excludes halogenated alkanes) is 3. The van der Waals surface area contributed by atoms with Crippen LogP contribution in [0.5, 0.6) is 0 Å². The van der Waals surface area contributed by atoms with E-state index in [1.54, 1.807) is 17.7 Å². The van der Waals surface area contributed by atoms with Crippen molar-refractivity contribution in [3.63, 3.8) is 0 Å². The highest BCUT2D eigenvalue weighted by molar-refractivity contribution is 14.0. The third-order valence-electron chi connectivity index (χ3n) is 4.18. The summed E-state index contributed by atoms with van der Waals surface area (Å²) >= 11 is 1.80. The molecule has 0 aliphatic carbocycles. The fourth-order valence-electron chi connectivity index (χ4n) is 2.70. The molecule has 0 aromatic carbocycles. The van der Waals surface area contributed by atoms with E-state index in [2.05, 4.69) is 56.8 Å². The van der Waals surface area contributed by atoms with Crippen molar-refractivity contribution in [2.24, 2.45) is 4.99 Å². The van der Waals surface area contributed by atoms with Crippen LogP contribution in [0.2, 0.25) is 0 Å². The maximum atomic E-state index is 4.73. The van der Waals surface area contributed by atoms with Crippen LogP contribution in [0.15, 0.2) is 28.8 Å². The van der Waals surface area contributed by atoms with Crippen molar-refractivity contribution in [2.45, 2.75) is 58.9 Å². The Labute approximate surface area is 184 Å². The summed E-state index contributed by atoms with van der Waals surface area (Å²) in [4.78, 5) is 6.13. The monoisotopic (exact) mass is 504 g/mol. The van der Waals surface area contributed by atoms with E-state index in [-0.39, 0.29) is 24.0 Å². The van der Waals surface area contributed by atoms with Crippen LogP contribution in [0.1, 0.15) is 50.2 Å². The molecule has 0 bridgehead atoms. The van der Waals surface area contributed by atoms with Crippen LogP contribution < -0.4 is 10.6 Å². The third-order valence-corrected chi connectivity index (χ3v) is 5.12. The second-order valence-electron chi connectivity index (χ2n) is 6.27. The highest BCUT2D eigenvalue weighted by Crippen LogP contribution is 2.08. The zero-order chi connectivity index (χ0) is 18.5. The van der Waals surface area contributed by atoms with E-state index in [0.717, 1.165) is 57.2 Å². The van der Waals surface area contributed by atoms with E-state index in [1.807, 2.05) is 0 Å². The second-order valence-corrected chi connectivity index (χ2v) is 7.30. The average molecular weight is 504 g/mol. The SMILES string of the molecule is CCCCCCN=C(NCCc1cccs1)NCCn1cnnc1CC.I. The Hall–Kier alpha value is -1.16. The number of guanidine groups is 1. The van der Waals surface area contributed by atoms with Gasteiger partial charge in [-0.05, 0) is 24.3 Å². The van der Waals surface area contributed by atoms with Crippen LogP contribution in [-0.2, 0) is 19.4 Å². The summed E-state index contributed by atoms with van der Waals surface area (Å²) < 4.78 is 2.09. The smallest absolute Gasteiger partial charge is 0.191 e. The molecule has 2 rings (SSSR count). The maximum absolute atomic E-state index is 4.73. The van der Waals surface area contributed by atoms with Gasteiger partial charge in [0, 0.05) is 37.5 Å². The summed E-state index contributed by atoms with van der Waals surface area (Å²) in [5.41, 5.74) is 0. The molecule has 0 saturated heterocycles.